The van der Waals surface area contributed by atoms with Crippen LogP contribution < -0.4 is 11.5 Å². The van der Waals surface area contributed by atoms with Crippen molar-refractivity contribution >= 4 is 0 Å². The molecule has 0 bridgehead atoms. The average Bonchev–Trinajstić information content (AvgIpc) is 1.82. The molecule has 0 aromatic carbocycles. The summed E-state index contributed by atoms with van der Waals surface area (Å²) in [5, 5.41) is 8.42. The lowest BCUT2D eigenvalue weighted by Gasteiger charge is -2.13. The van der Waals surface area contributed by atoms with Crippen molar-refractivity contribution in [3.63, 3.8) is 0 Å². The van der Waals surface area contributed by atoms with Crippen LogP contribution in [0.15, 0.2) is 0 Å². The molecule has 0 aliphatic rings. The summed E-state index contributed by atoms with van der Waals surface area (Å²) < 4.78 is 0. The quantitative estimate of drug-likeness (QED) is 0.457. The number of hydrogen-bond acceptors (Lipinski definition) is 3. The summed E-state index contributed by atoms with van der Waals surface area (Å²) >= 11 is 0. The minimum Gasteiger partial charge on any atom is -0.396 e. The summed E-state index contributed by atoms with van der Waals surface area (Å²) in [6.45, 7) is 2.22. The van der Waals surface area contributed by atoms with Crippen LogP contribution in [0.1, 0.15) is 19.8 Å². The van der Waals surface area contributed by atoms with Crippen molar-refractivity contribution in [1.29, 1.82) is 0 Å². The fraction of sp³-hybridized carbons (Fsp3) is 1.00. The molecule has 0 spiro atoms. The van der Waals surface area contributed by atoms with E-state index in [4.69, 9.17) is 16.6 Å². The lowest BCUT2D eigenvalue weighted by atomic mass is 10.0. The van der Waals surface area contributed by atoms with E-state index < -0.39 is 0 Å². The number of rotatable bonds is 4. The van der Waals surface area contributed by atoms with Crippen molar-refractivity contribution in [1.82, 2.24) is 0 Å². The van der Waals surface area contributed by atoms with Gasteiger partial charge in [0.25, 0.3) is 0 Å². The van der Waals surface area contributed by atoms with Gasteiger partial charge in [0.2, 0.25) is 0 Å². The molecule has 0 aromatic rings. The summed E-state index contributed by atoms with van der Waals surface area (Å²) in [6, 6.07) is 0. The predicted octanol–water partition coefficient (Wildman–Crippen LogP) is -0.361. The van der Waals surface area contributed by atoms with Crippen LogP contribution in [-0.4, -0.2) is 17.9 Å². The van der Waals surface area contributed by atoms with Crippen LogP contribution in [0.2, 0.25) is 0 Å². The largest absolute Gasteiger partial charge is 0.396 e. The second-order valence-corrected chi connectivity index (χ2v) is 2.42. The Morgan fingerprint density at radius 2 is 2.00 bits per heavy atom. The van der Waals surface area contributed by atoms with Crippen LogP contribution in [0.25, 0.3) is 0 Å². The molecule has 1 unspecified atom stereocenters. The van der Waals surface area contributed by atoms with Crippen molar-refractivity contribution < 1.29 is 5.11 Å². The maximum absolute atomic E-state index is 8.42. The molecule has 0 amide bonds. The highest BCUT2D eigenvalue weighted by atomic mass is 16.2. The van der Waals surface area contributed by atoms with Gasteiger partial charge in [-0.1, -0.05) is 6.92 Å². The first-order chi connectivity index (χ1) is 4.18. The number of nitrogens with two attached hydrogens (primary N) is 2. The molecule has 0 radical (unpaired) electrons. The van der Waals surface area contributed by atoms with Crippen molar-refractivity contribution in [2.24, 2.45) is 17.4 Å². The molecule has 3 heteroatoms. The van der Waals surface area contributed by atoms with E-state index in [1.165, 1.54) is 0 Å². The lowest BCUT2D eigenvalue weighted by Crippen LogP contribution is -2.37. The van der Waals surface area contributed by atoms with E-state index in [-0.39, 0.29) is 12.8 Å². The third-order valence-corrected chi connectivity index (χ3v) is 1.47. The minimum atomic E-state index is -0.239. The first-order valence-corrected chi connectivity index (χ1v) is 3.30. The van der Waals surface area contributed by atoms with Gasteiger partial charge in [0.1, 0.15) is 0 Å². The van der Waals surface area contributed by atoms with Crippen molar-refractivity contribution in [2.75, 3.05) is 6.61 Å². The van der Waals surface area contributed by atoms with Gasteiger partial charge in [0.15, 0.2) is 0 Å². The van der Waals surface area contributed by atoms with E-state index >= 15 is 0 Å². The molecule has 3 nitrogen and oxygen atoms in total. The minimum absolute atomic E-state index is 0.233. The SMILES string of the molecule is CC(CCCO)C(N)N. The van der Waals surface area contributed by atoms with Gasteiger partial charge in [0.05, 0.1) is 6.17 Å². The number of aliphatic hydroxyl groups is 1. The molecule has 0 aliphatic heterocycles. The third-order valence-electron chi connectivity index (χ3n) is 1.47. The van der Waals surface area contributed by atoms with Crippen LogP contribution in [0.4, 0.5) is 0 Å². The Balaban J connectivity index is 3.16. The van der Waals surface area contributed by atoms with Crippen molar-refractivity contribution in [3.05, 3.63) is 0 Å². The summed E-state index contributed by atoms with van der Waals surface area (Å²) in [6.07, 6.45) is 1.47. The zero-order valence-electron chi connectivity index (χ0n) is 5.88. The Morgan fingerprint density at radius 3 is 2.33 bits per heavy atom. The van der Waals surface area contributed by atoms with Crippen LogP contribution in [0, 0.1) is 5.92 Å². The molecular weight excluding hydrogens is 116 g/mol. The molecule has 0 fully saturated rings. The Morgan fingerprint density at radius 1 is 1.44 bits per heavy atom. The standard InChI is InChI=1S/C6H16N2O/c1-5(6(7)8)3-2-4-9/h5-6,9H,2-4,7-8H2,1H3. The second-order valence-electron chi connectivity index (χ2n) is 2.42. The molecule has 0 aromatic heterocycles. The van der Waals surface area contributed by atoms with Gasteiger partial charge < -0.3 is 16.6 Å². The molecule has 0 saturated carbocycles. The van der Waals surface area contributed by atoms with E-state index in [1.54, 1.807) is 0 Å². The highest BCUT2D eigenvalue weighted by molar-refractivity contribution is 4.61. The molecule has 1 atom stereocenters. The Labute approximate surface area is 56.0 Å². The molecule has 9 heavy (non-hydrogen) atoms. The first kappa shape index (κ1) is 8.88. The molecule has 5 N–H and O–H groups in total. The van der Waals surface area contributed by atoms with Crippen molar-refractivity contribution in [2.45, 2.75) is 25.9 Å². The molecule has 0 aliphatic carbocycles. The first-order valence-electron chi connectivity index (χ1n) is 3.30. The second kappa shape index (κ2) is 4.73. The van der Waals surface area contributed by atoms with Gasteiger partial charge in [-0.25, -0.2) is 0 Å². The maximum atomic E-state index is 8.42. The van der Waals surface area contributed by atoms with Crippen LogP contribution >= 0.6 is 0 Å². The highest BCUT2D eigenvalue weighted by Crippen LogP contribution is 2.04. The molecule has 0 heterocycles. The topological polar surface area (TPSA) is 72.3 Å². The third kappa shape index (κ3) is 4.39. The van der Waals surface area contributed by atoms with E-state index in [0.717, 1.165) is 12.8 Å². The lowest BCUT2D eigenvalue weighted by molar-refractivity contribution is 0.267. The normalized spacial score (nSPS) is 14.3. The molecule has 56 valence electrons. The Hall–Kier alpha value is -0.120. The van der Waals surface area contributed by atoms with Crippen LogP contribution in [0.5, 0.6) is 0 Å². The van der Waals surface area contributed by atoms with Crippen LogP contribution in [-0.2, 0) is 0 Å². The summed E-state index contributed by atoms with van der Waals surface area (Å²) in [4.78, 5) is 0. The van der Waals surface area contributed by atoms with E-state index in [2.05, 4.69) is 0 Å². The monoisotopic (exact) mass is 132 g/mol. The van der Waals surface area contributed by atoms with E-state index in [9.17, 15) is 0 Å². The fourth-order valence-corrected chi connectivity index (χ4v) is 0.606. The maximum Gasteiger partial charge on any atom is 0.0547 e. The molecule has 0 saturated heterocycles. The average molecular weight is 132 g/mol. The van der Waals surface area contributed by atoms with E-state index in [0.29, 0.717) is 5.92 Å². The fourth-order valence-electron chi connectivity index (χ4n) is 0.606. The smallest absolute Gasteiger partial charge is 0.0547 e. The van der Waals surface area contributed by atoms with Gasteiger partial charge in [-0.15, -0.1) is 0 Å². The van der Waals surface area contributed by atoms with Crippen LogP contribution in [0.3, 0.4) is 0 Å². The van der Waals surface area contributed by atoms with Gasteiger partial charge in [0, 0.05) is 6.61 Å². The summed E-state index contributed by atoms with van der Waals surface area (Å²) in [5.74, 6) is 0.317. The zero-order valence-corrected chi connectivity index (χ0v) is 5.88. The van der Waals surface area contributed by atoms with Crippen molar-refractivity contribution in [3.8, 4) is 0 Å². The van der Waals surface area contributed by atoms with Gasteiger partial charge in [-0.2, -0.15) is 0 Å². The summed E-state index contributed by atoms with van der Waals surface area (Å²) in [5.41, 5.74) is 10.7. The number of hydrogen-bond donors (Lipinski definition) is 3. The number of aliphatic hydroxyl groups excluding tert-OH is 1. The highest BCUT2D eigenvalue weighted by Gasteiger charge is 2.05. The Bertz CT molecular complexity index is 66.1. The van der Waals surface area contributed by atoms with E-state index in [1.807, 2.05) is 6.92 Å². The molecule has 0 rings (SSSR count). The zero-order chi connectivity index (χ0) is 7.28. The molecular formula is C6H16N2O. The predicted molar refractivity (Wildman–Crippen MR) is 37.6 cm³/mol. The Kier molecular flexibility index (Phi) is 4.67. The van der Waals surface area contributed by atoms with Gasteiger partial charge in [-0.05, 0) is 18.8 Å². The van der Waals surface area contributed by atoms with Gasteiger partial charge >= 0.3 is 0 Å². The summed E-state index contributed by atoms with van der Waals surface area (Å²) in [7, 11) is 0. The van der Waals surface area contributed by atoms with Gasteiger partial charge in [-0.3, -0.25) is 0 Å².